The summed E-state index contributed by atoms with van der Waals surface area (Å²) in [5.74, 6) is 1.13. The van der Waals surface area contributed by atoms with Crippen LogP contribution in [0.25, 0.3) is 5.69 Å². The van der Waals surface area contributed by atoms with Gasteiger partial charge >= 0.3 is 0 Å². The maximum Gasteiger partial charge on any atom is 0.257 e. The number of aromatic nitrogens is 2. The first kappa shape index (κ1) is 19.1. The second-order valence-electron chi connectivity index (χ2n) is 5.74. The van der Waals surface area contributed by atoms with Crippen molar-refractivity contribution < 1.29 is 14.3 Å². The lowest BCUT2D eigenvalue weighted by atomic mass is 10.2. The third-order valence-electron chi connectivity index (χ3n) is 3.89. The Hall–Kier alpha value is -2.70. The van der Waals surface area contributed by atoms with Crippen LogP contribution in [0.1, 0.15) is 16.1 Å². The summed E-state index contributed by atoms with van der Waals surface area (Å²) >= 11 is 12.0. The number of amides is 1. The van der Waals surface area contributed by atoms with E-state index in [1.54, 1.807) is 47.1 Å². The van der Waals surface area contributed by atoms with Crippen LogP contribution in [0.5, 0.6) is 11.5 Å². The zero-order valence-electron chi connectivity index (χ0n) is 14.9. The van der Waals surface area contributed by atoms with Gasteiger partial charge in [-0.05, 0) is 37.3 Å². The monoisotopic (exact) mass is 405 g/mol. The predicted molar refractivity (Wildman–Crippen MR) is 106 cm³/mol. The van der Waals surface area contributed by atoms with Gasteiger partial charge in [-0.2, -0.15) is 0 Å². The number of anilines is 1. The average molecular weight is 406 g/mol. The van der Waals surface area contributed by atoms with E-state index < -0.39 is 0 Å². The molecule has 0 fully saturated rings. The number of ether oxygens (including phenoxy) is 2. The summed E-state index contributed by atoms with van der Waals surface area (Å²) in [4.78, 5) is 12.6. The lowest BCUT2D eigenvalue weighted by molar-refractivity contribution is 0.102. The van der Waals surface area contributed by atoms with Gasteiger partial charge in [0.05, 0.1) is 30.0 Å². The minimum atomic E-state index is -0.328. The van der Waals surface area contributed by atoms with Crippen molar-refractivity contribution >= 4 is 34.9 Å². The summed E-state index contributed by atoms with van der Waals surface area (Å²) < 4.78 is 12.1. The highest BCUT2D eigenvalue weighted by Gasteiger charge is 2.14. The third kappa shape index (κ3) is 4.18. The molecule has 6 nitrogen and oxygen atoms in total. The number of nitrogens with zero attached hydrogens (tertiary/aromatic N) is 2. The fourth-order valence-electron chi connectivity index (χ4n) is 2.54. The second-order valence-corrected chi connectivity index (χ2v) is 6.55. The van der Waals surface area contributed by atoms with Gasteiger partial charge in [-0.25, -0.2) is 4.68 Å². The Labute approximate surface area is 166 Å². The maximum absolute atomic E-state index is 12.6. The minimum absolute atomic E-state index is 0.328. The SMILES string of the molecule is COc1cc(OC)cc(C(=O)Nc2cc(C)n(-c3ccc(Cl)c(Cl)c3)n2)c1. The Bertz CT molecular complexity index is 980. The number of benzene rings is 2. The molecule has 0 unspecified atom stereocenters. The van der Waals surface area contributed by atoms with E-state index in [1.165, 1.54) is 14.2 Å². The van der Waals surface area contributed by atoms with Crippen LogP contribution >= 0.6 is 23.2 Å². The van der Waals surface area contributed by atoms with Gasteiger partial charge in [-0.1, -0.05) is 23.2 Å². The standard InChI is InChI=1S/C19H17Cl2N3O3/c1-11-6-18(23-24(11)13-4-5-16(20)17(21)9-13)22-19(25)12-7-14(26-2)10-15(8-12)27-3/h4-10H,1-3H3,(H,22,23,25). The predicted octanol–water partition coefficient (Wildman–Crippen LogP) is 4.76. The molecule has 0 aliphatic rings. The summed E-state index contributed by atoms with van der Waals surface area (Å²) in [6, 6.07) is 11.9. The highest BCUT2D eigenvalue weighted by molar-refractivity contribution is 6.42. The molecule has 0 radical (unpaired) electrons. The Balaban J connectivity index is 1.86. The van der Waals surface area contributed by atoms with Crippen molar-refractivity contribution in [3.05, 3.63) is 63.8 Å². The quantitative estimate of drug-likeness (QED) is 0.664. The zero-order chi connectivity index (χ0) is 19.6. The van der Waals surface area contributed by atoms with E-state index in [-0.39, 0.29) is 5.91 Å². The third-order valence-corrected chi connectivity index (χ3v) is 4.63. The Morgan fingerprint density at radius 3 is 2.26 bits per heavy atom. The average Bonchev–Trinajstić information content (AvgIpc) is 3.03. The molecule has 2 aromatic carbocycles. The molecule has 1 N–H and O–H groups in total. The molecular formula is C19H17Cl2N3O3. The van der Waals surface area contributed by atoms with E-state index in [1.807, 2.05) is 6.92 Å². The van der Waals surface area contributed by atoms with E-state index in [0.29, 0.717) is 32.9 Å². The van der Waals surface area contributed by atoms with Crippen LogP contribution in [0.3, 0.4) is 0 Å². The molecular weight excluding hydrogens is 389 g/mol. The summed E-state index contributed by atoms with van der Waals surface area (Å²) in [6.45, 7) is 1.87. The van der Waals surface area contributed by atoms with Crippen molar-refractivity contribution in [2.24, 2.45) is 0 Å². The molecule has 140 valence electrons. The number of halogens is 2. The van der Waals surface area contributed by atoms with Crippen LogP contribution in [0.2, 0.25) is 10.0 Å². The number of hydrogen-bond donors (Lipinski definition) is 1. The lowest BCUT2D eigenvalue weighted by Crippen LogP contribution is -2.13. The van der Waals surface area contributed by atoms with E-state index in [4.69, 9.17) is 32.7 Å². The fourth-order valence-corrected chi connectivity index (χ4v) is 2.83. The highest BCUT2D eigenvalue weighted by atomic mass is 35.5. The Morgan fingerprint density at radius 2 is 1.67 bits per heavy atom. The Kier molecular flexibility index (Phi) is 5.58. The largest absolute Gasteiger partial charge is 0.497 e. The van der Waals surface area contributed by atoms with Crippen molar-refractivity contribution in [3.8, 4) is 17.2 Å². The van der Waals surface area contributed by atoms with E-state index in [0.717, 1.165) is 11.4 Å². The maximum atomic E-state index is 12.6. The first-order valence-electron chi connectivity index (χ1n) is 7.98. The minimum Gasteiger partial charge on any atom is -0.497 e. The molecule has 8 heteroatoms. The van der Waals surface area contributed by atoms with Gasteiger partial charge < -0.3 is 14.8 Å². The first-order valence-corrected chi connectivity index (χ1v) is 8.73. The topological polar surface area (TPSA) is 65.4 Å². The molecule has 27 heavy (non-hydrogen) atoms. The van der Waals surface area contributed by atoms with E-state index in [9.17, 15) is 4.79 Å². The number of hydrogen-bond acceptors (Lipinski definition) is 4. The molecule has 1 amide bonds. The highest BCUT2D eigenvalue weighted by Crippen LogP contribution is 2.26. The van der Waals surface area contributed by atoms with Gasteiger partial charge in [0.1, 0.15) is 11.5 Å². The van der Waals surface area contributed by atoms with Gasteiger partial charge in [0.25, 0.3) is 5.91 Å². The molecule has 0 atom stereocenters. The molecule has 1 aromatic heterocycles. The summed E-state index contributed by atoms with van der Waals surface area (Å²) in [7, 11) is 3.05. The molecule has 0 spiro atoms. The van der Waals surface area contributed by atoms with Crippen molar-refractivity contribution in [2.45, 2.75) is 6.92 Å². The smallest absolute Gasteiger partial charge is 0.257 e. The van der Waals surface area contributed by atoms with Crippen molar-refractivity contribution in [1.29, 1.82) is 0 Å². The molecule has 3 aromatic rings. The summed E-state index contributed by atoms with van der Waals surface area (Å²) in [5, 5.41) is 8.09. The lowest BCUT2D eigenvalue weighted by Gasteiger charge is -2.08. The molecule has 0 aliphatic heterocycles. The number of nitrogens with one attached hydrogen (secondary N) is 1. The van der Waals surface area contributed by atoms with Gasteiger partial charge in [0, 0.05) is 23.4 Å². The number of carbonyl (C=O) groups excluding carboxylic acids is 1. The fraction of sp³-hybridized carbons (Fsp3) is 0.158. The normalized spacial score (nSPS) is 10.6. The second kappa shape index (κ2) is 7.90. The molecule has 0 saturated heterocycles. The molecule has 0 aliphatic carbocycles. The van der Waals surface area contributed by atoms with Crippen molar-refractivity contribution in [2.75, 3.05) is 19.5 Å². The van der Waals surface area contributed by atoms with E-state index >= 15 is 0 Å². The summed E-state index contributed by atoms with van der Waals surface area (Å²) in [5.41, 5.74) is 1.96. The molecule has 3 rings (SSSR count). The van der Waals surface area contributed by atoms with Crippen molar-refractivity contribution in [1.82, 2.24) is 9.78 Å². The van der Waals surface area contributed by atoms with Crippen LogP contribution < -0.4 is 14.8 Å². The van der Waals surface area contributed by atoms with Gasteiger partial charge in [0.2, 0.25) is 0 Å². The molecule has 0 bridgehead atoms. The number of aryl methyl sites for hydroxylation is 1. The van der Waals surface area contributed by atoms with Crippen LogP contribution in [-0.2, 0) is 0 Å². The van der Waals surface area contributed by atoms with Crippen molar-refractivity contribution in [3.63, 3.8) is 0 Å². The molecule has 1 heterocycles. The Morgan fingerprint density at radius 1 is 1.00 bits per heavy atom. The first-order chi connectivity index (χ1) is 12.9. The number of carbonyl (C=O) groups is 1. The molecule has 0 saturated carbocycles. The van der Waals surface area contributed by atoms with Gasteiger partial charge in [-0.15, -0.1) is 5.10 Å². The zero-order valence-corrected chi connectivity index (χ0v) is 16.4. The number of rotatable bonds is 5. The van der Waals surface area contributed by atoms with Crippen LogP contribution in [0.4, 0.5) is 5.82 Å². The summed E-state index contributed by atoms with van der Waals surface area (Å²) in [6.07, 6.45) is 0. The number of methoxy groups -OCH3 is 2. The van der Waals surface area contributed by atoms with Gasteiger partial charge in [0.15, 0.2) is 5.82 Å². The van der Waals surface area contributed by atoms with E-state index in [2.05, 4.69) is 10.4 Å². The van der Waals surface area contributed by atoms with Crippen LogP contribution in [-0.4, -0.2) is 29.9 Å². The van der Waals surface area contributed by atoms with Gasteiger partial charge in [-0.3, -0.25) is 4.79 Å². The van der Waals surface area contributed by atoms with Crippen LogP contribution in [0.15, 0.2) is 42.5 Å². The van der Waals surface area contributed by atoms with Crippen LogP contribution in [0, 0.1) is 6.92 Å².